The van der Waals surface area contributed by atoms with E-state index in [1.807, 2.05) is 0 Å². The van der Waals surface area contributed by atoms with Crippen molar-refractivity contribution in [2.45, 2.75) is 31.2 Å². The Morgan fingerprint density at radius 3 is 1.72 bits per heavy atom. The van der Waals surface area contributed by atoms with E-state index in [1.165, 1.54) is 21.9 Å². The van der Waals surface area contributed by atoms with Gasteiger partial charge >= 0.3 is 36.4 Å². The second-order valence-electron chi connectivity index (χ2n) is 15.8. The molecule has 4 aliphatic rings. The van der Waals surface area contributed by atoms with E-state index >= 15 is 0 Å². The van der Waals surface area contributed by atoms with Crippen molar-refractivity contribution in [1.82, 2.24) is 20.4 Å². The van der Waals surface area contributed by atoms with Gasteiger partial charge in [-0.05, 0) is 54.1 Å². The molecule has 0 fully saturated rings. The second-order valence-corrected chi connectivity index (χ2v) is 15.8. The number of rotatable bonds is 15. The van der Waals surface area contributed by atoms with Gasteiger partial charge in [-0.3, -0.25) is 19.4 Å². The molecule has 0 spiro atoms. The number of carboxylic acids is 2. The average Bonchev–Trinajstić information content (AvgIpc) is 3.71. The standard InChI is InChI=1S/C42H40F6N8O8/c43-41(44,45)25-5-1-7-28(17-25)54-31-20-52(37(61)30(31)19-50-39(54)63)13-3-15-56(22-33(57)58,23-34(59)60)16-4-14-53-21-32-35(38(53)62)36(24-9-11-27(49)12-10-24)51-40(64)55(32)29-8-2-6-26(18-29)42(46,47)48/h1-2,5-12,17-18,36H,3-4,13-16,19-23,49H2,(H3-,50,51,57,58,59,60,63,64)/p+1. The second kappa shape index (κ2) is 17.2. The lowest BCUT2D eigenvalue weighted by Crippen LogP contribution is -2.56. The molecule has 0 saturated heterocycles. The minimum absolute atomic E-state index is 0.0303. The molecule has 0 aromatic heterocycles. The number of carbonyl (C=O) groups is 6. The Kier molecular flexibility index (Phi) is 12.1. The maximum absolute atomic E-state index is 14.2. The SMILES string of the molecule is Nc1ccc(C2NC(=O)N(c3cccc(C(F)(F)F)c3)C3=C2C(=O)N(CCC[N+](CCCN2CC4=C(CNC(=O)N4c4cccc(C(F)(F)F)c4)C2=O)(CC(=O)O)CC(=O)O)C3)cc1. The summed E-state index contributed by atoms with van der Waals surface area (Å²) >= 11 is 0. The van der Waals surface area contributed by atoms with Crippen LogP contribution in [-0.2, 0) is 31.5 Å². The largest absolute Gasteiger partial charge is 0.477 e. The van der Waals surface area contributed by atoms with Crippen LogP contribution in [0.5, 0.6) is 0 Å². The summed E-state index contributed by atoms with van der Waals surface area (Å²) in [5, 5.41) is 25.2. The zero-order valence-electron chi connectivity index (χ0n) is 33.7. The van der Waals surface area contributed by atoms with Gasteiger partial charge in [0.15, 0.2) is 13.1 Å². The first kappa shape index (κ1) is 44.9. The Morgan fingerprint density at radius 2 is 1.20 bits per heavy atom. The van der Waals surface area contributed by atoms with E-state index in [-0.39, 0.29) is 92.6 Å². The zero-order valence-corrected chi connectivity index (χ0v) is 33.7. The van der Waals surface area contributed by atoms with Gasteiger partial charge in [-0.15, -0.1) is 0 Å². The number of anilines is 3. The number of benzene rings is 3. The van der Waals surface area contributed by atoms with Gasteiger partial charge in [0, 0.05) is 31.6 Å². The lowest BCUT2D eigenvalue weighted by atomic mass is 9.95. The van der Waals surface area contributed by atoms with Crippen molar-refractivity contribution in [2.75, 3.05) is 74.4 Å². The molecule has 338 valence electrons. The van der Waals surface area contributed by atoms with Crippen molar-refractivity contribution < 1.29 is 69.8 Å². The molecule has 3 aromatic carbocycles. The number of carboxylic acid groups (broad SMARTS) is 2. The first-order valence-corrected chi connectivity index (χ1v) is 19.9. The van der Waals surface area contributed by atoms with Crippen LogP contribution in [0.25, 0.3) is 0 Å². The van der Waals surface area contributed by atoms with Gasteiger partial charge in [0.25, 0.3) is 11.8 Å². The molecular formula is C42H41F6N8O8+. The topological polar surface area (TPSA) is 206 Å². The Balaban J connectivity index is 1.07. The monoisotopic (exact) mass is 899 g/mol. The molecule has 16 nitrogen and oxygen atoms in total. The number of halogens is 6. The van der Waals surface area contributed by atoms with Crippen LogP contribution in [0.3, 0.4) is 0 Å². The quantitative estimate of drug-likeness (QED) is 0.0809. The summed E-state index contributed by atoms with van der Waals surface area (Å²) in [5.41, 5.74) is 4.92. The molecule has 0 radical (unpaired) electrons. The number of urea groups is 2. The van der Waals surface area contributed by atoms with Crippen molar-refractivity contribution >= 4 is 52.9 Å². The number of amides is 6. The molecule has 7 rings (SSSR count). The van der Waals surface area contributed by atoms with Crippen molar-refractivity contribution in [3.8, 4) is 0 Å². The highest BCUT2D eigenvalue weighted by atomic mass is 19.4. The van der Waals surface area contributed by atoms with Crippen LogP contribution in [0.4, 0.5) is 53.0 Å². The van der Waals surface area contributed by atoms with E-state index in [2.05, 4.69) is 10.6 Å². The van der Waals surface area contributed by atoms with E-state index < -0.39 is 82.9 Å². The van der Waals surface area contributed by atoms with Gasteiger partial charge in [-0.25, -0.2) is 19.2 Å². The summed E-state index contributed by atoms with van der Waals surface area (Å²) in [6.07, 6.45) is -9.36. The molecule has 0 aliphatic carbocycles. The fraction of sp³-hybridized carbons (Fsp3) is 0.333. The van der Waals surface area contributed by atoms with Crippen LogP contribution in [-0.4, -0.2) is 119 Å². The number of nitrogens with one attached hydrogen (secondary N) is 2. The van der Waals surface area contributed by atoms with Crippen molar-refractivity contribution in [1.29, 1.82) is 0 Å². The van der Waals surface area contributed by atoms with Gasteiger partial charge in [0.05, 0.1) is 83.8 Å². The van der Waals surface area contributed by atoms with Gasteiger partial charge in [0.2, 0.25) is 0 Å². The Labute approximate surface area is 360 Å². The molecule has 1 unspecified atom stereocenters. The van der Waals surface area contributed by atoms with E-state index in [0.717, 1.165) is 46.2 Å². The Hall–Kier alpha value is -7.10. The third-order valence-electron chi connectivity index (χ3n) is 11.5. The molecule has 22 heteroatoms. The molecule has 4 aliphatic heterocycles. The molecular weight excluding hydrogens is 858 g/mol. The number of nitrogens with two attached hydrogens (primary N) is 1. The highest BCUT2D eigenvalue weighted by molar-refractivity contribution is 6.08. The number of carbonyl (C=O) groups excluding carboxylic acids is 4. The van der Waals surface area contributed by atoms with Crippen molar-refractivity contribution in [3.05, 3.63) is 112 Å². The number of hydrogen-bond acceptors (Lipinski definition) is 7. The van der Waals surface area contributed by atoms with Crippen LogP contribution < -0.4 is 26.2 Å². The van der Waals surface area contributed by atoms with Crippen LogP contribution in [0, 0.1) is 0 Å². The molecule has 6 N–H and O–H groups in total. The lowest BCUT2D eigenvalue weighted by molar-refractivity contribution is -0.914. The molecule has 6 amide bonds. The van der Waals surface area contributed by atoms with Crippen LogP contribution in [0.2, 0.25) is 0 Å². The number of nitrogens with zero attached hydrogens (tertiary/aromatic N) is 5. The van der Waals surface area contributed by atoms with Crippen molar-refractivity contribution in [3.63, 3.8) is 0 Å². The first-order chi connectivity index (χ1) is 30.2. The van der Waals surface area contributed by atoms with E-state index in [4.69, 9.17) is 5.73 Å². The molecule has 3 aromatic rings. The Bertz CT molecular complexity index is 2460. The maximum Gasteiger partial charge on any atom is 0.416 e. The summed E-state index contributed by atoms with van der Waals surface area (Å²) < 4.78 is 81.3. The smallest absolute Gasteiger partial charge is 0.416 e. The first-order valence-electron chi connectivity index (χ1n) is 19.9. The molecule has 1 atom stereocenters. The summed E-state index contributed by atoms with van der Waals surface area (Å²) in [4.78, 5) is 83.6. The van der Waals surface area contributed by atoms with Crippen LogP contribution in [0.1, 0.15) is 35.6 Å². The fourth-order valence-corrected chi connectivity index (χ4v) is 8.65. The summed E-state index contributed by atoms with van der Waals surface area (Å²) in [6, 6.07) is 11.8. The lowest BCUT2D eigenvalue weighted by Gasteiger charge is -2.37. The third kappa shape index (κ3) is 9.17. The van der Waals surface area contributed by atoms with Gasteiger partial charge in [-0.1, -0.05) is 24.3 Å². The number of nitrogen functional groups attached to an aromatic ring is 1. The minimum Gasteiger partial charge on any atom is -0.477 e. The summed E-state index contributed by atoms with van der Waals surface area (Å²) in [7, 11) is 0. The number of alkyl halides is 6. The van der Waals surface area contributed by atoms with E-state index in [1.54, 1.807) is 24.3 Å². The normalized spacial score (nSPS) is 18.1. The van der Waals surface area contributed by atoms with Crippen molar-refractivity contribution in [2.24, 2.45) is 0 Å². The fourth-order valence-electron chi connectivity index (χ4n) is 8.65. The number of quaternary nitrogens is 1. The third-order valence-corrected chi connectivity index (χ3v) is 11.5. The highest BCUT2D eigenvalue weighted by Gasteiger charge is 2.46. The number of aliphatic carboxylic acids is 2. The van der Waals surface area contributed by atoms with Gasteiger partial charge in [0.1, 0.15) is 0 Å². The molecule has 0 saturated carbocycles. The van der Waals surface area contributed by atoms with Crippen LogP contribution >= 0.6 is 0 Å². The predicted octanol–water partition coefficient (Wildman–Crippen LogP) is 4.77. The number of hydrogen-bond donors (Lipinski definition) is 5. The van der Waals surface area contributed by atoms with Gasteiger partial charge < -0.3 is 40.9 Å². The zero-order chi connectivity index (χ0) is 46.3. The predicted molar refractivity (Wildman–Crippen MR) is 215 cm³/mol. The maximum atomic E-state index is 14.2. The van der Waals surface area contributed by atoms with Crippen LogP contribution in [0.15, 0.2) is 95.3 Å². The van der Waals surface area contributed by atoms with E-state index in [0.29, 0.717) is 11.3 Å². The van der Waals surface area contributed by atoms with Gasteiger partial charge in [-0.2, -0.15) is 26.3 Å². The average molecular weight is 900 g/mol. The molecule has 0 bridgehead atoms. The molecule has 64 heavy (non-hydrogen) atoms. The summed E-state index contributed by atoms with van der Waals surface area (Å²) in [6.45, 7) is -2.25. The minimum atomic E-state index is -4.74. The molecule has 4 heterocycles. The Morgan fingerprint density at radius 1 is 0.703 bits per heavy atom. The highest BCUT2D eigenvalue weighted by Crippen LogP contribution is 2.41. The summed E-state index contributed by atoms with van der Waals surface area (Å²) in [5.74, 6) is -3.76. The van der Waals surface area contributed by atoms with E-state index in [9.17, 15) is 65.3 Å².